The number of hydrogen-bond acceptors (Lipinski definition) is 5. The molecule has 30 heavy (non-hydrogen) atoms. The van der Waals surface area contributed by atoms with Crippen LogP contribution in [0.2, 0.25) is 0 Å². The zero-order valence-electron chi connectivity index (χ0n) is 17.6. The van der Waals surface area contributed by atoms with Crippen molar-refractivity contribution in [2.45, 2.75) is 18.4 Å². The molecule has 0 aliphatic carbocycles. The first-order chi connectivity index (χ1) is 15.0. The zero-order chi connectivity index (χ0) is 23.8. The van der Waals surface area contributed by atoms with Crippen molar-refractivity contribution in [1.82, 2.24) is 5.32 Å². The van der Waals surface area contributed by atoms with Crippen LogP contribution in [0.25, 0.3) is 0 Å². The molecule has 1 heterocycles. The van der Waals surface area contributed by atoms with Crippen LogP contribution in [0.15, 0.2) is 54.6 Å². The molecule has 2 N–H and O–H groups in total. The van der Waals surface area contributed by atoms with E-state index in [1.807, 2.05) is 30.3 Å². The van der Waals surface area contributed by atoms with Gasteiger partial charge in [0.15, 0.2) is 17.6 Å². The van der Waals surface area contributed by atoms with E-state index < -0.39 is 25.1 Å². The van der Waals surface area contributed by atoms with Crippen LogP contribution in [0, 0.1) is 0 Å². The summed E-state index contributed by atoms with van der Waals surface area (Å²) in [7, 11) is 0. The summed E-state index contributed by atoms with van der Waals surface area (Å²) in [5, 5.41) is 10.4. The van der Waals surface area contributed by atoms with Crippen molar-refractivity contribution >= 4 is 5.97 Å². The molecular weight excluding hydrogens is 410 g/mol. The van der Waals surface area contributed by atoms with Gasteiger partial charge in [0.05, 0.1) is 6.61 Å². The Balaban J connectivity index is 0.000000451. The second kappa shape index (κ2) is 11.4. The number of carbonyl (C=O) groups is 1. The molecule has 1 aliphatic heterocycles. The molecule has 3 rings (SSSR count). The Morgan fingerprint density at radius 1 is 1.20 bits per heavy atom. The molecule has 0 saturated carbocycles. The number of aliphatic carboxylic acids is 1. The van der Waals surface area contributed by atoms with Crippen molar-refractivity contribution in [2.24, 2.45) is 0 Å². The second-order valence-corrected chi connectivity index (χ2v) is 5.99. The number of rotatable bonds is 6. The van der Waals surface area contributed by atoms with Crippen LogP contribution in [-0.2, 0) is 9.53 Å². The van der Waals surface area contributed by atoms with E-state index in [1.54, 1.807) is 18.2 Å². The van der Waals surface area contributed by atoms with Crippen LogP contribution in [-0.4, -0.2) is 49.9 Å². The Kier molecular flexibility index (Phi) is 7.74. The molecule has 2 aromatic rings. The van der Waals surface area contributed by atoms with Crippen LogP contribution in [0.5, 0.6) is 11.5 Å². The van der Waals surface area contributed by atoms with Gasteiger partial charge in [-0.15, -0.1) is 0 Å². The Morgan fingerprint density at radius 3 is 2.33 bits per heavy atom. The molecule has 6 nitrogen and oxygen atoms in total. The highest BCUT2D eigenvalue weighted by Gasteiger charge is 2.38. The first-order valence-electron chi connectivity index (χ1n) is 9.78. The molecule has 0 amide bonds. The average molecular weight is 433 g/mol. The maximum atomic E-state index is 13.3. The monoisotopic (exact) mass is 433 g/mol. The quantitative estimate of drug-likeness (QED) is 0.676. The SMILES string of the molecule is O=C(O)C(F)(F)F.[2H]C([2H])(F)Oc1ccccc1O[C@@H](c1ccccc1)[C@@H]1CNCCO1. The summed E-state index contributed by atoms with van der Waals surface area (Å²) < 4.78 is 75.7. The van der Waals surface area contributed by atoms with Gasteiger partial charge in [-0.25, -0.2) is 9.18 Å². The van der Waals surface area contributed by atoms with Crippen molar-refractivity contribution in [3.8, 4) is 11.5 Å². The number of carboxylic acids is 1. The molecule has 1 fully saturated rings. The van der Waals surface area contributed by atoms with Crippen LogP contribution in [0.4, 0.5) is 17.6 Å². The van der Waals surface area contributed by atoms with Gasteiger partial charge in [0.25, 0.3) is 0 Å². The van der Waals surface area contributed by atoms with Crippen LogP contribution in [0.1, 0.15) is 14.4 Å². The predicted molar refractivity (Wildman–Crippen MR) is 99.2 cm³/mol. The van der Waals surface area contributed by atoms with Gasteiger partial charge < -0.3 is 24.6 Å². The molecule has 2 atom stereocenters. The number of ether oxygens (including phenoxy) is 3. The average Bonchev–Trinajstić information content (AvgIpc) is 2.73. The molecule has 10 heteroatoms. The summed E-state index contributed by atoms with van der Waals surface area (Å²) in [6.07, 6.45) is -5.75. The van der Waals surface area contributed by atoms with Crippen LogP contribution < -0.4 is 14.8 Å². The first kappa shape index (κ1) is 20.4. The molecule has 0 spiro atoms. The summed E-state index contributed by atoms with van der Waals surface area (Å²) in [4.78, 5) is 8.90. The van der Waals surface area contributed by atoms with Gasteiger partial charge in [-0.1, -0.05) is 42.5 Å². The molecular formula is C20H21F4NO5. The number of hydrogen-bond donors (Lipinski definition) is 2. The van der Waals surface area contributed by atoms with Gasteiger partial charge in [-0.05, 0) is 17.7 Å². The molecule has 0 unspecified atom stereocenters. The van der Waals surface area contributed by atoms with E-state index in [1.165, 1.54) is 6.07 Å². The highest BCUT2D eigenvalue weighted by molar-refractivity contribution is 5.73. The third kappa shape index (κ3) is 7.20. The molecule has 2 aromatic carbocycles. The van der Waals surface area contributed by atoms with Crippen molar-refractivity contribution < 1.29 is 44.4 Å². The van der Waals surface area contributed by atoms with Crippen LogP contribution >= 0.6 is 0 Å². The standard InChI is InChI=1S/C18H20FNO3.C2HF3O2/c19-13-22-15-8-4-5-9-16(15)23-18(14-6-2-1-3-7-14)17-12-20-10-11-21-17;3-2(4,5)1(6)7/h1-9,17-18,20H,10-13H2;(H,6,7)/t17-,18-;/m0./s1/i13D2;. The molecule has 1 saturated heterocycles. The van der Waals surface area contributed by atoms with Gasteiger partial charge in [0, 0.05) is 13.1 Å². The van der Waals surface area contributed by atoms with E-state index in [0.717, 1.165) is 12.1 Å². The van der Waals surface area contributed by atoms with Gasteiger partial charge in [0.1, 0.15) is 8.85 Å². The fourth-order valence-electron chi connectivity index (χ4n) is 2.59. The highest BCUT2D eigenvalue weighted by Crippen LogP contribution is 2.33. The molecule has 1 aliphatic rings. The molecule has 164 valence electrons. The lowest BCUT2D eigenvalue weighted by atomic mass is 10.0. The van der Waals surface area contributed by atoms with E-state index in [0.29, 0.717) is 13.2 Å². The minimum absolute atomic E-state index is 0.000278. The van der Waals surface area contributed by atoms with Gasteiger partial charge in [-0.3, -0.25) is 0 Å². The summed E-state index contributed by atoms with van der Waals surface area (Å²) in [6.45, 7) is -1.32. The number of para-hydroxylation sites is 2. The number of alkyl halides is 4. The fraction of sp³-hybridized carbons (Fsp3) is 0.350. The molecule has 0 aromatic heterocycles. The van der Waals surface area contributed by atoms with Crippen LogP contribution in [0.3, 0.4) is 0 Å². The van der Waals surface area contributed by atoms with E-state index >= 15 is 0 Å². The fourth-order valence-corrected chi connectivity index (χ4v) is 2.59. The van der Waals surface area contributed by atoms with E-state index in [-0.39, 0.29) is 17.6 Å². The lowest BCUT2D eigenvalue weighted by Crippen LogP contribution is -2.43. The van der Waals surface area contributed by atoms with Crippen molar-refractivity contribution in [2.75, 3.05) is 26.5 Å². The Hall–Kier alpha value is -2.85. The number of halogens is 4. The second-order valence-electron chi connectivity index (χ2n) is 5.99. The minimum atomic E-state index is -5.08. The summed E-state index contributed by atoms with van der Waals surface area (Å²) in [6, 6.07) is 16.0. The normalized spacial score (nSPS) is 18.7. The number of morpholine rings is 1. The minimum Gasteiger partial charge on any atom is -0.479 e. The molecule has 0 bridgehead atoms. The zero-order valence-corrected chi connectivity index (χ0v) is 15.6. The predicted octanol–water partition coefficient (Wildman–Crippen LogP) is 3.73. The van der Waals surface area contributed by atoms with Gasteiger partial charge in [-0.2, -0.15) is 13.2 Å². The Labute approximate surface area is 173 Å². The van der Waals surface area contributed by atoms with E-state index in [9.17, 15) is 17.6 Å². The lowest BCUT2D eigenvalue weighted by Gasteiger charge is -2.32. The van der Waals surface area contributed by atoms with Crippen molar-refractivity contribution in [3.05, 3.63) is 60.2 Å². The molecule has 0 radical (unpaired) electrons. The topological polar surface area (TPSA) is 77.0 Å². The number of nitrogens with one attached hydrogen (secondary N) is 1. The third-order valence-corrected chi connectivity index (χ3v) is 3.92. The third-order valence-electron chi connectivity index (χ3n) is 3.92. The largest absolute Gasteiger partial charge is 0.490 e. The summed E-state index contributed by atoms with van der Waals surface area (Å²) in [5.41, 5.74) is 0.911. The Bertz CT molecular complexity index is 859. The summed E-state index contributed by atoms with van der Waals surface area (Å²) in [5.74, 6) is -2.50. The smallest absolute Gasteiger partial charge is 0.479 e. The first-order valence-corrected chi connectivity index (χ1v) is 8.78. The lowest BCUT2D eigenvalue weighted by molar-refractivity contribution is -0.192. The van der Waals surface area contributed by atoms with Gasteiger partial charge >= 0.3 is 12.1 Å². The maximum Gasteiger partial charge on any atom is 0.490 e. The van der Waals surface area contributed by atoms with Gasteiger partial charge in [0.2, 0.25) is 6.81 Å². The maximum absolute atomic E-state index is 13.3. The van der Waals surface area contributed by atoms with Crippen molar-refractivity contribution in [1.29, 1.82) is 0 Å². The number of benzene rings is 2. The summed E-state index contributed by atoms with van der Waals surface area (Å²) >= 11 is 0. The van der Waals surface area contributed by atoms with E-state index in [2.05, 4.69) is 5.32 Å². The number of carboxylic acid groups (broad SMARTS) is 1. The Morgan fingerprint density at radius 2 is 1.80 bits per heavy atom. The van der Waals surface area contributed by atoms with E-state index in [4.69, 9.17) is 26.9 Å². The van der Waals surface area contributed by atoms with Crippen molar-refractivity contribution in [3.63, 3.8) is 0 Å². The highest BCUT2D eigenvalue weighted by atomic mass is 19.4.